The second-order valence-corrected chi connectivity index (χ2v) is 4.78. The number of aromatic nitrogens is 1. The Labute approximate surface area is 100 Å². The molecule has 0 unspecified atom stereocenters. The lowest BCUT2D eigenvalue weighted by Crippen LogP contribution is -2.34. The lowest BCUT2D eigenvalue weighted by Gasteiger charge is -2.29. The Morgan fingerprint density at radius 1 is 1.62 bits per heavy atom. The van der Waals surface area contributed by atoms with Gasteiger partial charge >= 0.3 is 0 Å². The molecule has 0 bridgehead atoms. The topological polar surface area (TPSA) is 33.2 Å². The number of hydrogen-bond donors (Lipinski definition) is 0. The quantitative estimate of drug-likeness (QED) is 0.811. The van der Waals surface area contributed by atoms with Gasteiger partial charge in [-0.3, -0.25) is 9.78 Å². The van der Waals surface area contributed by atoms with Gasteiger partial charge in [-0.1, -0.05) is 18.0 Å². The van der Waals surface area contributed by atoms with Crippen LogP contribution in [0.15, 0.2) is 18.3 Å². The fraction of sp³-hybridized carbons (Fsp3) is 0.500. The highest BCUT2D eigenvalue weighted by atomic mass is 35.5. The molecule has 16 heavy (non-hydrogen) atoms. The van der Waals surface area contributed by atoms with Gasteiger partial charge in [0.2, 0.25) is 0 Å². The van der Waals surface area contributed by atoms with Crippen molar-refractivity contribution in [3.63, 3.8) is 0 Å². The van der Waals surface area contributed by atoms with Crippen LogP contribution in [0.25, 0.3) is 0 Å². The van der Waals surface area contributed by atoms with Gasteiger partial charge in [-0.25, -0.2) is 0 Å². The molecule has 1 aliphatic rings. The summed E-state index contributed by atoms with van der Waals surface area (Å²) in [7, 11) is 1.82. The molecule has 0 atom stereocenters. The third-order valence-electron chi connectivity index (χ3n) is 3.04. The summed E-state index contributed by atoms with van der Waals surface area (Å²) in [6, 6.07) is 3.28. The summed E-state index contributed by atoms with van der Waals surface area (Å²) in [5.41, 5.74) is 0.425. The number of hydrogen-bond acceptors (Lipinski definition) is 2. The Morgan fingerprint density at radius 3 is 2.94 bits per heavy atom. The monoisotopic (exact) mass is 238 g/mol. The molecule has 1 fully saturated rings. The first-order valence-corrected chi connectivity index (χ1v) is 5.91. The van der Waals surface area contributed by atoms with Crippen LogP contribution in [-0.2, 0) is 0 Å². The maximum atomic E-state index is 12.0. The van der Waals surface area contributed by atoms with Gasteiger partial charge in [-0.15, -0.1) is 0 Å². The zero-order chi connectivity index (χ0) is 11.5. The molecule has 0 saturated heterocycles. The van der Waals surface area contributed by atoms with Gasteiger partial charge in [-0.05, 0) is 30.9 Å². The predicted molar refractivity (Wildman–Crippen MR) is 63.5 cm³/mol. The second-order valence-electron chi connectivity index (χ2n) is 4.34. The van der Waals surface area contributed by atoms with Crippen LogP contribution in [0, 0.1) is 5.92 Å². The molecule has 1 aliphatic carbocycles. The number of nitrogens with zero attached hydrogens (tertiary/aromatic N) is 2. The molecule has 1 aromatic rings. The van der Waals surface area contributed by atoms with Crippen LogP contribution in [0.4, 0.5) is 0 Å². The minimum Gasteiger partial charge on any atom is -0.340 e. The highest BCUT2D eigenvalue weighted by Gasteiger charge is 2.22. The number of carbonyl (C=O) groups is 1. The number of halogens is 1. The van der Waals surface area contributed by atoms with Crippen molar-refractivity contribution in [2.45, 2.75) is 19.3 Å². The van der Waals surface area contributed by atoms with Gasteiger partial charge in [0.05, 0.1) is 0 Å². The van der Waals surface area contributed by atoms with E-state index in [1.165, 1.54) is 19.3 Å². The SMILES string of the molecule is CN(CC1CCC1)C(=O)c1cc(Cl)ccn1. The Kier molecular flexibility index (Phi) is 3.44. The molecule has 0 N–H and O–H groups in total. The summed E-state index contributed by atoms with van der Waals surface area (Å²) in [6.07, 6.45) is 5.33. The fourth-order valence-corrected chi connectivity index (χ4v) is 2.02. The van der Waals surface area contributed by atoms with E-state index >= 15 is 0 Å². The number of carbonyl (C=O) groups excluding carboxylic acids is 1. The van der Waals surface area contributed by atoms with Crippen LogP contribution in [0.2, 0.25) is 5.02 Å². The Bertz CT molecular complexity index is 390. The van der Waals surface area contributed by atoms with Crippen molar-refractivity contribution in [1.82, 2.24) is 9.88 Å². The maximum absolute atomic E-state index is 12.0. The van der Waals surface area contributed by atoms with Gasteiger partial charge < -0.3 is 4.90 Å². The molecule has 0 radical (unpaired) electrons. The van der Waals surface area contributed by atoms with E-state index in [4.69, 9.17) is 11.6 Å². The normalized spacial score (nSPS) is 15.6. The second kappa shape index (κ2) is 4.83. The molecule has 2 rings (SSSR count). The first-order valence-electron chi connectivity index (χ1n) is 5.54. The van der Waals surface area contributed by atoms with E-state index in [1.54, 1.807) is 23.2 Å². The summed E-state index contributed by atoms with van der Waals surface area (Å²) >= 11 is 5.83. The zero-order valence-electron chi connectivity index (χ0n) is 9.32. The van der Waals surface area contributed by atoms with Crippen molar-refractivity contribution in [1.29, 1.82) is 0 Å². The molecule has 1 heterocycles. The van der Waals surface area contributed by atoms with E-state index in [0.717, 1.165) is 6.54 Å². The van der Waals surface area contributed by atoms with Gasteiger partial charge in [0, 0.05) is 24.8 Å². The summed E-state index contributed by atoms with van der Waals surface area (Å²) in [4.78, 5) is 17.8. The number of amides is 1. The van der Waals surface area contributed by atoms with E-state index in [0.29, 0.717) is 16.6 Å². The average Bonchev–Trinajstić information content (AvgIpc) is 2.22. The smallest absolute Gasteiger partial charge is 0.272 e. The highest BCUT2D eigenvalue weighted by Crippen LogP contribution is 2.27. The molecule has 0 spiro atoms. The van der Waals surface area contributed by atoms with Crippen molar-refractivity contribution in [2.24, 2.45) is 5.92 Å². The molecular weight excluding hydrogens is 224 g/mol. The van der Waals surface area contributed by atoms with Crippen molar-refractivity contribution in [3.05, 3.63) is 29.0 Å². The Balaban J connectivity index is 2.00. The standard InChI is InChI=1S/C12H15ClN2O/c1-15(8-9-3-2-4-9)12(16)11-7-10(13)5-6-14-11/h5-7,9H,2-4,8H2,1H3. The summed E-state index contributed by atoms with van der Waals surface area (Å²) in [5.74, 6) is 0.627. The molecule has 1 aromatic heterocycles. The first kappa shape index (κ1) is 11.4. The minimum absolute atomic E-state index is 0.0469. The van der Waals surface area contributed by atoms with Crippen LogP contribution in [0.3, 0.4) is 0 Å². The van der Waals surface area contributed by atoms with Crippen molar-refractivity contribution < 1.29 is 4.79 Å². The van der Waals surface area contributed by atoms with Crippen molar-refractivity contribution in [2.75, 3.05) is 13.6 Å². The summed E-state index contributed by atoms with van der Waals surface area (Å²) < 4.78 is 0. The van der Waals surface area contributed by atoms with Crippen LogP contribution in [0.5, 0.6) is 0 Å². The molecule has 86 valence electrons. The van der Waals surface area contributed by atoms with Gasteiger partial charge in [0.15, 0.2) is 0 Å². The van der Waals surface area contributed by atoms with E-state index in [-0.39, 0.29) is 5.91 Å². The maximum Gasteiger partial charge on any atom is 0.272 e. The fourth-order valence-electron chi connectivity index (χ4n) is 1.86. The van der Waals surface area contributed by atoms with E-state index in [1.807, 2.05) is 7.05 Å². The lowest BCUT2D eigenvalue weighted by molar-refractivity contribution is 0.0739. The van der Waals surface area contributed by atoms with E-state index in [9.17, 15) is 4.79 Å². The van der Waals surface area contributed by atoms with Gasteiger partial charge in [-0.2, -0.15) is 0 Å². The van der Waals surface area contributed by atoms with Crippen molar-refractivity contribution >= 4 is 17.5 Å². The third-order valence-corrected chi connectivity index (χ3v) is 3.28. The lowest BCUT2D eigenvalue weighted by atomic mass is 9.85. The largest absolute Gasteiger partial charge is 0.340 e. The summed E-state index contributed by atoms with van der Waals surface area (Å²) in [5, 5.41) is 0.551. The highest BCUT2D eigenvalue weighted by molar-refractivity contribution is 6.30. The molecule has 4 heteroatoms. The van der Waals surface area contributed by atoms with Crippen LogP contribution in [-0.4, -0.2) is 29.4 Å². The molecule has 3 nitrogen and oxygen atoms in total. The van der Waals surface area contributed by atoms with E-state index in [2.05, 4.69) is 4.98 Å². The molecule has 0 aromatic carbocycles. The zero-order valence-corrected chi connectivity index (χ0v) is 10.1. The third kappa shape index (κ3) is 2.53. The molecule has 1 amide bonds. The van der Waals surface area contributed by atoms with Crippen LogP contribution < -0.4 is 0 Å². The van der Waals surface area contributed by atoms with Gasteiger partial charge in [0.25, 0.3) is 5.91 Å². The molecule has 0 aliphatic heterocycles. The molecular formula is C12H15ClN2O. The van der Waals surface area contributed by atoms with Crippen LogP contribution >= 0.6 is 11.6 Å². The molecule has 1 saturated carbocycles. The Hall–Kier alpha value is -1.09. The number of rotatable bonds is 3. The average molecular weight is 239 g/mol. The number of pyridine rings is 1. The first-order chi connectivity index (χ1) is 7.66. The predicted octanol–water partition coefficient (Wildman–Crippen LogP) is 2.61. The van der Waals surface area contributed by atoms with Crippen LogP contribution in [0.1, 0.15) is 29.8 Å². The van der Waals surface area contributed by atoms with Gasteiger partial charge in [0.1, 0.15) is 5.69 Å². The Morgan fingerprint density at radius 2 is 2.38 bits per heavy atom. The van der Waals surface area contributed by atoms with E-state index < -0.39 is 0 Å². The summed E-state index contributed by atoms with van der Waals surface area (Å²) in [6.45, 7) is 0.826. The van der Waals surface area contributed by atoms with Crippen molar-refractivity contribution in [3.8, 4) is 0 Å². The minimum atomic E-state index is -0.0469.